The summed E-state index contributed by atoms with van der Waals surface area (Å²) < 4.78 is 0. The van der Waals surface area contributed by atoms with Gasteiger partial charge in [0.1, 0.15) is 5.75 Å². The van der Waals surface area contributed by atoms with Crippen LogP contribution in [0.1, 0.15) is 36.0 Å². The van der Waals surface area contributed by atoms with Gasteiger partial charge in [0.15, 0.2) is 0 Å². The number of carboxylic acids is 1. The third kappa shape index (κ3) is 4.46. The molecule has 4 N–H and O–H groups in total. The van der Waals surface area contributed by atoms with Crippen molar-refractivity contribution < 1.29 is 19.8 Å². The second-order valence-corrected chi connectivity index (χ2v) is 5.32. The number of carbonyl (C=O) groups excluding carboxylic acids is 1. The second-order valence-electron chi connectivity index (χ2n) is 5.32. The van der Waals surface area contributed by atoms with Crippen molar-refractivity contribution >= 4 is 17.6 Å². The molecule has 1 amide bonds. The molecule has 21 heavy (non-hydrogen) atoms. The Hall–Kier alpha value is -2.08. The van der Waals surface area contributed by atoms with Gasteiger partial charge in [-0.05, 0) is 56.5 Å². The topological polar surface area (TPSA) is 98.7 Å². The van der Waals surface area contributed by atoms with Crippen LogP contribution in [0, 0.1) is 5.92 Å². The van der Waals surface area contributed by atoms with E-state index in [9.17, 15) is 14.7 Å². The summed E-state index contributed by atoms with van der Waals surface area (Å²) in [6.45, 7) is 1.99. The van der Waals surface area contributed by atoms with Crippen molar-refractivity contribution in [1.29, 1.82) is 0 Å². The van der Waals surface area contributed by atoms with Crippen molar-refractivity contribution in [2.24, 2.45) is 5.92 Å². The van der Waals surface area contributed by atoms with Crippen LogP contribution in [0.15, 0.2) is 18.2 Å². The van der Waals surface area contributed by atoms with Gasteiger partial charge in [-0.1, -0.05) is 0 Å². The van der Waals surface area contributed by atoms with Crippen LogP contribution in [0.5, 0.6) is 5.75 Å². The quantitative estimate of drug-likeness (QED) is 0.620. The smallest absolute Gasteiger partial charge is 0.335 e. The molecule has 2 rings (SSSR count). The molecule has 0 aliphatic carbocycles. The van der Waals surface area contributed by atoms with E-state index in [0.29, 0.717) is 12.3 Å². The van der Waals surface area contributed by atoms with Crippen molar-refractivity contribution in [3.8, 4) is 5.75 Å². The van der Waals surface area contributed by atoms with Crippen LogP contribution in [0.25, 0.3) is 0 Å². The molecule has 1 heterocycles. The van der Waals surface area contributed by atoms with Gasteiger partial charge in [0.05, 0.1) is 11.3 Å². The Bertz CT molecular complexity index is 524. The Morgan fingerprint density at radius 1 is 1.29 bits per heavy atom. The predicted octanol–water partition coefficient (Wildman–Crippen LogP) is 1.81. The van der Waals surface area contributed by atoms with Crippen LogP contribution in [-0.4, -0.2) is 35.2 Å². The molecule has 6 heteroatoms. The number of carboxylic acid groups (broad SMARTS) is 1. The summed E-state index contributed by atoms with van der Waals surface area (Å²) in [6, 6.07) is 3.83. The van der Waals surface area contributed by atoms with E-state index in [1.807, 2.05) is 0 Å². The highest BCUT2D eigenvalue weighted by Crippen LogP contribution is 2.25. The average Bonchev–Trinajstić information content (AvgIpc) is 2.48. The number of nitrogens with one attached hydrogen (secondary N) is 2. The van der Waals surface area contributed by atoms with Gasteiger partial charge in [-0.2, -0.15) is 0 Å². The average molecular weight is 292 g/mol. The molecule has 1 aliphatic heterocycles. The van der Waals surface area contributed by atoms with Crippen LogP contribution in [-0.2, 0) is 4.79 Å². The lowest BCUT2D eigenvalue weighted by molar-refractivity contribution is -0.116. The second kappa shape index (κ2) is 7.08. The standard InChI is InChI=1S/C15H20N2O4/c18-13-3-2-11(15(20)21)9-12(13)17-14(19)4-1-10-5-7-16-8-6-10/h2-3,9-10,16,18H,1,4-8H2,(H,17,19)(H,20,21). The molecule has 0 saturated carbocycles. The summed E-state index contributed by atoms with van der Waals surface area (Å²) in [6.07, 6.45) is 3.34. The number of aromatic carboxylic acids is 1. The van der Waals surface area contributed by atoms with Crippen LogP contribution in [0.2, 0.25) is 0 Å². The van der Waals surface area contributed by atoms with Crippen molar-refractivity contribution in [2.75, 3.05) is 18.4 Å². The fourth-order valence-corrected chi connectivity index (χ4v) is 2.49. The maximum absolute atomic E-state index is 11.9. The molecule has 0 atom stereocenters. The zero-order valence-electron chi connectivity index (χ0n) is 11.8. The zero-order chi connectivity index (χ0) is 15.2. The van der Waals surface area contributed by atoms with E-state index in [0.717, 1.165) is 32.4 Å². The van der Waals surface area contributed by atoms with Crippen LogP contribution >= 0.6 is 0 Å². The number of phenols is 1. The molecule has 1 saturated heterocycles. The summed E-state index contributed by atoms with van der Waals surface area (Å²) in [5.41, 5.74) is 0.173. The largest absolute Gasteiger partial charge is 0.506 e. The Balaban J connectivity index is 1.89. The first kappa shape index (κ1) is 15.3. The summed E-state index contributed by atoms with van der Waals surface area (Å²) in [4.78, 5) is 22.8. The zero-order valence-corrected chi connectivity index (χ0v) is 11.8. The van der Waals surface area contributed by atoms with Gasteiger partial charge >= 0.3 is 5.97 Å². The normalized spacial score (nSPS) is 15.6. The molecule has 1 aromatic carbocycles. The number of carbonyl (C=O) groups is 2. The summed E-state index contributed by atoms with van der Waals surface area (Å²) in [7, 11) is 0. The highest BCUT2D eigenvalue weighted by Gasteiger charge is 2.15. The van der Waals surface area contributed by atoms with Gasteiger partial charge in [-0.25, -0.2) is 4.79 Å². The van der Waals surface area contributed by atoms with E-state index >= 15 is 0 Å². The molecule has 0 aromatic heterocycles. The minimum Gasteiger partial charge on any atom is -0.506 e. The van der Waals surface area contributed by atoms with Crippen molar-refractivity contribution in [2.45, 2.75) is 25.7 Å². The number of benzene rings is 1. The van der Waals surface area contributed by atoms with Crippen LogP contribution in [0.4, 0.5) is 5.69 Å². The van der Waals surface area contributed by atoms with E-state index < -0.39 is 5.97 Å². The fourth-order valence-electron chi connectivity index (χ4n) is 2.49. The third-order valence-electron chi connectivity index (χ3n) is 3.76. The van der Waals surface area contributed by atoms with Crippen LogP contribution in [0.3, 0.4) is 0 Å². The lowest BCUT2D eigenvalue weighted by atomic mass is 9.93. The molecule has 0 unspecified atom stereocenters. The molecule has 6 nitrogen and oxygen atoms in total. The molecule has 1 aromatic rings. The van der Waals surface area contributed by atoms with Crippen molar-refractivity contribution in [3.05, 3.63) is 23.8 Å². The van der Waals surface area contributed by atoms with Gasteiger partial charge in [-0.15, -0.1) is 0 Å². The van der Waals surface area contributed by atoms with E-state index in [-0.39, 0.29) is 22.9 Å². The van der Waals surface area contributed by atoms with Crippen LogP contribution < -0.4 is 10.6 Å². The maximum atomic E-state index is 11.9. The van der Waals surface area contributed by atoms with Crippen molar-refractivity contribution in [3.63, 3.8) is 0 Å². The Morgan fingerprint density at radius 2 is 2.00 bits per heavy atom. The molecular formula is C15H20N2O4. The molecule has 0 spiro atoms. The SMILES string of the molecule is O=C(CCC1CCNCC1)Nc1cc(C(=O)O)ccc1O. The van der Waals surface area contributed by atoms with E-state index in [1.165, 1.54) is 18.2 Å². The van der Waals surface area contributed by atoms with E-state index in [4.69, 9.17) is 5.11 Å². The minimum atomic E-state index is -1.10. The number of rotatable bonds is 5. The summed E-state index contributed by atoms with van der Waals surface area (Å²) in [5.74, 6) is -0.877. The molecule has 1 fully saturated rings. The lowest BCUT2D eigenvalue weighted by Gasteiger charge is -2.22. The first-order valence-electron chi connectivity index (χ1n) is 7.13. The summed E-state index contributed by atoms with van der Waals surface area (Å²) >= 11 is 0. The molecule has 0 radical (unpaired) electrons. The third-order valence-corrected chi connectivity index (χ3v) is 3.76. The van der Waals surface area contributed by atoms with E-state index in [2.05, 4.69) is 10.6 Å². The molecule has 114 valence electrons. The number of hydrogen-bond donors (Lipinski definition) is 4. The first-order valence-corrected chi connectivity index (χ1v) is 7.13. The van der Waals surface area contributed by atoms with Gasteiger partial charge < -0.3 is 20.8 Å². The number of amides is 1. The predicted molar refractivity (Wildman–Crippen MR) is 78.5 cm³/mol. The maximum Gasteiger partial charge on any atom is 0.335 e. The van der Waals surface area contributed by atoms with Gasteiger partial charge in [-0.3, -0.25) is 4.79 Å². The number of aromatic hydroxyl groups is 1. The monoisotopic (exact) mass is 292 g/mol. The summed E-state index contributed by atoms with van der Waals surface area (Å²) in [5, 5.41) is 24.4. The van der Waals surface area contributed by atoms with Gasteiger partial charge in [0.25, 0.3) is 0 Å². The Morgan fingerprint density at radius 3 is 2.67 bits per heavy atom. The van der Waals surface area contributed by atoms with Gasteiger partial charge in [0, 0.05) is 6.42 Å². The first-order chi connectivity index (χ1) is 10.1. The number of phenolic OH excluding ortho intramolecular Hbond substituents is 1. The Kier molecular flexibility index (Phi) is 5.16. The molecule has 1 aliphatic rings. The molecule has 0 bridgehead atoms. The minimum absolute atomic E-state index is 0.0291. The number of piperidine rings is 1. The highest BCUT2D eigenvalue weighted by molar-refractivity contribution is 5.95. The number of hydrogen-bond acceptors (Lipinski definition) is 4. The number of anilines is 1. The molecular weight excluding hydrogens is 272 g/mol. The lowest BCUT2D eigenvalue weighted by Crippen LogP contribution is -2.28. The van der Waals surface area contributed by atoms with Crippen molar-refractivity contribution in [1.82, 2.24) is 5.32 Å². The highest BCUT2D eigenvalue weighted by atomic mass is 16.4. The van der Waals surface area contributed by atoms with E-state index in [1.54, 1.807) is 0 Å². The van der Waals surface area contributed by atoms with Gasteiger partial charge in [0.2, 0.25) is 5.91 Å². The fraction of sp³-hybridized carbons (Fsp3) is 0.467. The Labute approximate surface area is 123 Å².